The van der Waals surface area contributed by atoms with Crippen LogP contribution in [0.4, 0.5) is 0 Å². The Morgan fingerprint density at radius 3 is 2.47 bits per heavy atom. The Hall–Kier alpha value is -1.32. The molecule has 2 aliphatic heterocycles. The first-order valence-corrected chi connectivity index (χ1v) is 5.39. The lowest BCUT2D eigenvalue weighted by Crippen LogP contribution is -2.24. The molecule has 0 aromatic carbocycles. The number of rotatable bonds is 2. The summed E-state index contributed by atoms with van der Waals surface area (Å²) in [6.45, 7) is 6.10. The van der Waals surface area contributed by atoms with Crippen LogP contribution in [-0.4, -0.2) is 36.3 Å². The van der Waals surface area contributed by atoms with E-state index in [2.05, 4.69) is 11.9 Å². The summed E-state index contributed by atoms with van der Waals surface area (Å²) in [4.78, 5) is 22.8. The molecule has 0 bridgehead atoms. The van der Waals surface area contributed by atoms with E-state index >= 15 is 0 Å². The van der Waals surface area contributed by atoms with E-state index in [1.54, 1.807) is 6.08 Å². The van der Waals surface area contributed by atoms with E-state index in [9.17, 15) is 9.59 Å². The molecule has 0 aromatic heterocycles. The lowest BCUT2D eigenvalue weighted by molar-refractivity contribution is -0.127. The fourth-order valence-corrected chi connectivity index (χ4v) is 1.62. The van der Waals surface area contributed by atoms with E-state index in [0.29, 0.717) is 0 Å². The highest BCUT2D eigenvalue weighted by Crippen LogP contribution is 2.08. The van der Waals surface area contributed by atoms with Gasteiger partial charge in [0.1, 0.15) is 0 Å². The highest BCUT2D eigenvalue weighted by molar-refractivity contribution is 5.78. The van der Waals surface area contributed by atoms with Gasteiger partial charge in [0.2, 0.25) is 11.8 Å². The third-order valence-electron chi connectivity index (χ3n) is 2.42. The maximum atomic E-state index is 10.8. The van der Waals surface area contributed by atoms with Gasteiger partial charge in [-0.05, 0) is 12.8 Å². The van der Waals surface area contributed by atoms with Crippen molar-refractivity contribution in [1.29, 1.82) is 0 Å². The smallest absolute Gasteiger partial charge is 0.222 e. The molecule has 2 fully saturated rings. The van der Waals surface area contributed by atoms with Crippen LogP contribution >= 0.6 is 0 Å². The van der Waals surface area contributed by atoms with E-state index < -0.39 is 0 Å². The SMILES string of the molecule is C=CCN1CCCC1=O.O=C1CCCN1. The van der Waals surface area contributed by atoms with E-state index in [1.165, 1.54) is 0 Å². The lowest BCUT2D eigenvalue weighted by Gasteiger charge is -2.10. The number of nitrogens with zero attached hydrogens (tertiary/aromatic N) is 1. The van der Waals surface area contributed by atoms with Crippen LogP contribution in [0.2, 0.25) is 0 Å². The zero-order valence-corrected chi connectivity index (χ0v) is 9.00. The van der Waals surface area contributed by atoms with Crippen molar-refractivity contribution in [2.45, 2.75) is 25.7 Å². The van der Waals surface area contributed by atoms with Gasteiger partial charge in [0.15, 0.2) is 0 Å². The molecule has 0 atom stereocenters. The Morgan fingerprint density at radius 1 is 1.33 bits per heavy atom. The molecule has 0 saturated carbocycles. The van der Waals surface area contributed by atoms with Gasteiger partial charge in [0, 0.05) is 32.5 Å². The second-order valence-electron chi connectivity index (χ2n) is 3.69. The molecule has 2 rings (SSSR count). The molecule has 4 heteroatoms. The minimum Gasteiger partial charge on any atom is -0.356 e. The Bertz CT molecular complexity index is 243. The highest BCUT2D eigenvalue weighted by atomic mass is 16.2. The van der Waals surface area contributed by atoms with Crippen LogP contribution in [0.25, 0.3) is 0 Å². The van der Waals surface area contributed by atoms with Crippen molar-refractivity contribution in [1.82, 2.24) is 10.2 Å². The zero-order valence-electron chi connectivity index (χ0n) is 9.00. The molecule has 0 aromatic rings. The molecule has 0 unspecified atom stereocenters. The Morgan fingerprint density at radius 2 is 2.13 bits per heavy atom. The third kappa shape index (κ3) is 4.14. The summed E-state index contributed by atoms with van der Waals surface area (Å²) in [6, 6.07) is 0. The first-order valence-electron chi connectivity index (χ1n) is 5.39. The molecule has 0 radical (unpaired) electrons. The largest absolute Gasteiger partial charge is 0.356 e. The van der Waals surface area contributed by atoms with Crippen molar-refractivity contribution in [3.05, 3.63) is 12.7 Å². The monoisotopic (exact) mass is 210 g/mol. The molecule has 2 amide bonds. The fourth-order valence-electron chi connectivity index (χ4n) is 1.62. The molecule has 84 valence electrons. The summed E-state index contributed by atoms with van der Waals surface area (Å²) in [6.07, 6.45) is 5.28. The van der Waals surface area contributed by atoms with Crippen molar-refractivity contribution in [3.63, 3.8) is 0 Å². The van der Waals surface area contributed by atoms with Gasteiger partial charge in [0.05, 0.1) is 0 Å². The summed E-state index contributed by atoms with van der Waals surface area (Å²) in [5.74, 6) is 0.477. The molecule has 15 heavy (non-hydrogen) atoms. The Kier molecular flexibility index (Phi) is 4.87. The number of hydrogen-bond donors (Lipinski definition) is 1. The number of carbonyl (C=O) groups excluding carboxylic acids is 2. The Labute approximate surface area is 90.3 Å². The quantitative estimate of drug-likeness (QED) is 0.682. The minimum absolute atomic E-state index is 0.204. The second-order valence-corrected chi connectivity index (χ2v) is 3.69. The molecule has 1 N–H and O–H groups in total. The molecule has 0 aliphatic carbocycles. The maximum Gasteiger partial charge on any atom is 0.222 e. The second kappa shape index (κ2) is 6.22. The van der Waals surface area contributed by atoms with Crippen molar-refractivity contribution < 1.29 is 9.59 Å². The number of hydrogen-bond acceptors (Lipinski definition) is 2. The van der Waals surface area contributed by atoms with Gasteiger partial charge in [-0.2, -0.15) is 0 Å². The van der Waals surface area contributed by atoms with Crippen LogP contribution in [0.5, 0.6) is 0 Å². The summed E-state index contributed by atoms with van der Waals surface area (Å²) in [5.41, 5.74) is 0. The van der Waals surface area contributed by atoms with Gasteiger partial charge in [-0.3, -0.25) is 9.59 Å². The van der Waals surface area contributed by atoms with Gasteiger partial charge in [-0.25, -0.2) is 0 Å². The summed E-state index contributed by atoms with van der Waals surface area (Å²) in [5, 5.41) is 2.68. The first-order chi connectivity index (χ1) is 7.24. The van der Waals surface area contributed by atoms with Crippen molar-refractivity contribution in [2.24, 2.45) is 0 Å². The average molecular weight is 210 g/mol. The Balaban J connectivity index is 0.000000162. The molecule has 2 heterocycles. The molecular weight excluding hydrogens is 192 g/mol. The predicted octanol–water partition coefficient (Wildman–Crippen LogP) is 0.691. The van der Waals surface area contributed by atoms with Crippen LogP contribution in [0, 0.1) is 0 Å². The fraction of sp³-hybridized carbons (Fsp3) is 0.636. The van der Waals surface area contributed by atoms with Gasteiger partial charge >= 0.3 is 0 Å². The number of amides is 2. The van der Waals surface area contributed by atoms with Crippen LogP contribution < -0.4 is 5.32 Å². The van der Waals surface area contributed by atoms with Crippen molar-refractivity contribution >= 4 is 11.8 Å². The third-order valence-corrected chi connectivity index (χ3v) is 2.42. The minimum atomic E-state index is 0.204. The number of likely N-dealkylation sites (tertiary alicyclic amines) is 1. The average Bonchev–Trinajstić information content (AvgIpc) is 2.81. The van der Waals surface area contributed by atoms with Crippen LogP contribution in [0.15, 0.2) is 12.7 Å². The van der Waals surface area contributed by atoms with Gasteiger partial charge in [0.25, 0.3) is 0 Å². The number of carbonyl (C=O) groups is 2. The van der Waals surface area contributed by atoms with E-state index in [1.807, 2.05) is 4.90 Å². The van der Waals surface area contributed by atoms with E-state index in [-0.39, 0.29) is 11.8 Å². The molecule has 2 saturated heterocycles. The van der Waals surface area contributed by atoms with Crippen LogP contribution in [-0.2, 0) is 9.59 Å². The van der Waals surface area contributed by atoms with Gasteiger partial charge in [-0.1, -0.05) is 6.08 Å². The standard InChI is InChI=1S/C7H11NO.C4H7NO/c1-2-5-8-6-3-4-7(8)9;6-4-2-1-3-5-4/h2H,1,3-6H2;1-3H2,(H,5,6). The normalized spacial score (nSPS) is 19.6. The highest BCUT2D eigenvalue weighted by Gasteiger charge is 2.17. The molecule has 4 nitrogen and oxygen atoms in total. The zero-order chi connectivity index (χ0) is 11.1. The summed E-state index contributed by atoms with van der Waals surface area (Å²) < 4.78 is 0. The molecule has 0 spiro atoms. The summed E-state index contributed by atoms with van der Waals surface area (Å²) in [7, 11) is 0. The summed E-state index contributed by atoms with van der Waals surface area (Å²) >= 11 is 0. The van der Waals surface area contributed by atoms with Crippen LogP contribution in [0.1, 0.15) is 25.7 Å². The van der Waals surface area contributed by atoms with Gasteiger partial charge in [-0.15, -0.1) is 6.58 Å². The van der Waals surface area contributed by atoms with Crippen LogP contribution in [0.3, 0.4) is 0 Å². The number of nitrogens with one attached hydrogen (secondary N) is 1. The van der Waals surface area contributed by atoms with Gasteiger partial charge < -0.3 is 10.2 Å². The molecule has 2 aliphatic rings. The predicted molar refractivity (Wildman–Crippen MR) is 58.3 cm³/mol. The topological polar surface area (TPSA) is 49.4 Å². The van der Waals surface area contributed by atoms with Crippen molar-refractivity contribution in [3.8, 4) is 0 Å². The van der Waals surface area contributed by atoms with Crippen molar-refractivity contribution in [2.75, 3.05) is 19.6 Å². The lowest BCUT2D eigenvalue weighted by atomic mass is 10.4. The van der Waals surface area contributed by atoms with E-state index in [0.717, 1.165) is 45.3 Å². The molecular formula is C11H18N2O2. The maximum absolute atomic E-state index is 10.8. The van der Waals surface area contributed by atoms with E-state index in [4.69, 9.17) is 0 Å². The first kappa shape index (κ1) is 11.8.